The maximum absolute atomic E-state index is 12.8. The molecule has 6 N–H and O–H groups in total. The van der Waals surface area contributed by atoms with E-state index in [-0.39, 0.29) is 197 Å². The largest absolute Gasteiger partial charge is 0.518 e. The number of aliphatic hydroxyl groups excluding tert-OH is 6. The van der Waals surface area contributed by atoms with E-state index in [1.807, 2.05) is 20.8 Å². The molecular formula is C97H147Cu6F6NO26. The van der Waals surface area contributed by atoms with Crippen molar-refractivity contribution in [3.63, 3.8) is 0 Å². The average molecular weight is 2240 g/mol. The minimum absolute atomic E-state index is 0. The van der Waals surface area contributed by atoms with Crippen LogP contribution < -0.4 is 0 Å². The SMILES string of the molecule is CCCCCCCCOC(=O)C(C(=O)OCCCCCCCC)=C(C)O.CCCCCCCCOC(=O)C(C(=O)OCCCCCCCC)=C(O)C(F)(F)F.CCCCCCOC(=O)C(C)=C(O)C(=O)OCC.CCCCCOC(=O)C(C(=O)OCCCCC)=C(O)c1ccccc1.O=C1OCCCC1=C(O)C(F)(F)F.[C-]#[N+]C(C(=O)OCCCCC)=C(O)c1ccccc1.[Cu].[Cu].[Cu].[Cu].[Cu].[Cu]. The van der Waals surface area contributed by atoms with Crippen LogP contribution in [-0.4, -0.2) is 169 Å². The second-order valence-corrected chi connectivity index (χ2v) is 30.0. The van der Waals surface area contributed by atoms with Gasteiger partial charge >= 0.3 is 77.7 Å². The van der Waals surface area contributed by atoms with Crippen LogP contribution in [0.2, 0.25) is 0 Å². The number of rotatable bonds is 57. The third-order valence-corrected chi connectivity index (χ3v) is 18.8. The van der Waals surface area contributed by atoms with Gasteiger partial charge in [0.1, 0.15) is 17.3 Å². The fraction of sp³-hybridized carbons (Fsp3) is 0.639. The van der Waals surface area contributed by atoms with Crippen molar-refractivity contribution in [2.24, 2.45) is 0 Å². The van der Waals surface area contributed by atoms with Gasteiger partial charge in [-0.25, -0.2) is 48.0 Å². The van der Waals surface area contributed by atoms with Crippen molar-refractivity contribution < 1.29 is 255 Å². The summed E-state index contributed by atoms with van der Waals surface area (Å²) in [4.78, 5) is 121. The molecule has 804 valence electrons. The summed E-state index contributed by atoms with van der Waals surface area (Å²) in [5, 5.41) is 57.4. The second kappa shape index (κ2) is 95.1. The van der Waals surface area contributed by atoms with Crippen molar-refractivity contribution in [2.75, 3.05) is 66.1 Å². The second-order valence-electron chi connectivity index (χ2n) is 30.0. The van der Waals surface area contributed by atoms with E-state index in [1.165, 1.54) is 52.4 Å². The van der Waals surface area contributed by atoms with Crippen LogP contribution in [0.25, 0.3) is 16.4 Å². The Morgan fingerprint density at radius 3 is 0.897 bits per heavy atom. The molecule has 2 aromatic carbocycles. The Morgan fingerprint density at radius 2 is 0.610 bits per heavy atom. The molecule has 0 bridgehead atoms. The van der Waals surface area contributed by atoms with Crippen LogP contribution in [0.1, 0.15) is 338 Å². The number of halogens is 6. The fourth-order valence-electron chi connectivity index (χ4n) is 11.2. The summed E-state index contributed by atoms with van der Waals surface area (Å²) in [7, 11) is 0. The number of esters is 10. The van der Waals surface area contributed by atoms with Crippen LogP contribution >= 0.6 is 0 Å². The molecule has 136 heavy (non-hydrogen) atoms. The van der Waals surface area contributed by atoms with Gasteiger partial charge in [-0.1, -0.05) is 302 Å². The van der Waals surface area contributed by atoms with E-state index in [0.717, 1.165) is 173 Å². The number of carbonyl (C=O) groups excluding carboxylic acids is 10. The molecule has 1 aliphatic heterocycles. The van der Waals surface area contributed by atoms with Crippen molar-refractivity contribution in [2.45, 2.75) is 339 Å². The van der Waals surface area contributed by atoms with Gasteiger partial charge in [-0.3, -0.25) is 4.79 Å². The Morgan fingerprint density at radius 1 is 0.346 bits per heavy atom. The Bertz CT molecular complexity index is 3710. The molecule has 0 saturated carbocycles. The minimum atomic E-state index is -5.24. The number of hydrogen-bond donors (Lipinski definition) is 6. The molecule has 39 heteroatoms. The predicted octanol–water partition coefficient (Wildman–Crippen LogP) is 24.0. The first kappa shape index (κ1) is 146. The molecule has 1 heterocycles. The molecule has 3 rings (SSSR count). The zero-order valence-electron chi connectivity index (χ0n) is 80.3. The molecule has 0 spiro atoms. The van der Waals surface area contributed by atoms with Crippen LogP contribution in [-0.2, 0) is 198 Å². The quantitative estimate of drug-likeness (QED) is 0.00342. The molecule has 0 amide bonds. The molecule has 0 aromatic heterocycles. The van der Waals surface area contributed by atoms with Crippen molar-refractivity contribution in [1.82, 2.24) is 0 Å². The first-order valence-corrected chi connectivity index (χ1v) is 45.9. The molecule has 1 fully saturated rings. The van der Waals surface area contributed by atoms with Gasteiger partial charge in [0.05, 0.1) is 83.8 Å². The number of carbonyl (C=O) groups is 10. The van der Waals surface area contributed by atoms with Gasteiger partial charge in [-0.2, -0.15) is 26.3 Å². The summed E-state index contributed by atoms with van der Waals surface area (Å²) in [6.45, 7) is 29.5. The third kappa shape index (κ3) is 72.8. The van der Waals surface area contributed by atoms with Crippen LogP contribution in [0.4, 0.5) is 26.3 Å². The Hall–Kier alpha value is -7.43. The zero-order chi connectivity index (χ0) is 98.4. The molecule has 6 radical (unpaired) electrons. The van der Waals surface area contributed by atoms with E-state index < -0.39 is 112 Å². The maximum atomic E-state index is 12.8. The van der Waals surface area contributed by atoms with Gasteiger partial charge in [0, 0.05) is 114 Å². The zero-order valence-corrected chi connectivity index (χ0v) is 85.9. The number of ether oxygens (including phenoxy) is 10. The number of nitrogens with zero attached hydrogens (tertiary/aromatic N) is 1. The average Bonchev–Trinajstić information content (AvgIpc) is 0.833. The summed E-state index contributed by atoms with van der Waals surface area (Å²) in [6, 6.07) is 16.9. The van der Waals surface area contributed by atoms with E-state index in [0.29, 0.717) is 49.8 Å². The summed E-state index contributed by atoms with van der Waals surface area (Å²) >= 11 is 0. The van der Waals surface area contributed by atoms with Gasteiger partial charge in [0.2, 0.25) is 17.3 Å². The molecule has 0 aliphatic carbocycles. The summed E-state index contributed by atoms with van der Waals surface area (Å²) in [6.07, 6.45) is 25.9. The monoisotopic (exact) mass is 2230 g/mol. The van der Waals surface area contributed by atoms with Gasteiger partial charge in [-0.15, -0.1) is 0 Å². The molecular weight excluding hydrogens is 2090 g/mol. The third-order valence-electron chi connectivity index (χ3n) is 18.8. The van der Waals surface area contributed by atoms with Crippen LogP contribution in [0.15, 0.2) is 117 Å². The smallest absolute Gasteiger partial charge is 0.449 e. The topological polar surface area (TPSA) is 389 Å². The van der Waals surface area contributed by atoms with E-state index in [1.54, 1.807) is 67.6 Å². The van der Waals surface area contributed by atoms with Gasteiger partial charge in [-0.05, 0) is 85.0 Å². The summed E-state index contributed by atoms with van der Waals surface area (Å²) < 4.78 is 123. The van der Waals surface area contributed by atoms with Crippen LogP contribution in [0.5, 0.6) is 0 Å². The Labute approximate surface area is 864 Å². The normalized spacial score (nSPS) is 11.5. The molecule has 27 nitrogen and oxygen atoms in total. The first-order chi connectivity index (χ1) is 62.1. The van der Waals surface area contributed by atoms with Gasteiger partial charge in [0.25, 0.3) is 0 Å². The van der Waals surface area contributed by atoms with Gasteiger partial charge < -0.3 is 78.0 Å². The standard InChI is InChI=1S/C21H35F3O5.C21H38O5.C20H28O5.C15H17NO3.C13H22O5.C7H7F3O3.6Cu/c1-3-5-7-9-11-13-15-28-19(26)17(18(25)21(22,23)24)20(27)29-16-14-12-10-8-6-4-2;1-4-6-8-10-12-14-16-25-20(23)19(18(3)22)21(24)26-17-15-13-11-9-7-5-2;1-3-5-10-14-24-19(22)17(20(23)25-15-11-6-4-2)18(21)16-12-8-7-9-13-16;1-3-4-8-11-19-15(18)13(16-2)14(17)12-9-6-5-7-10-12;1-4-6-7-8-9-18-12(15)10(3)11(14)13(16)17-5-2;8-7(9,10)5(11)4-2-1-3-13-6(4)12;;;;;;/h25H,3-16H2,1-2H3;22H,4-17H2,1-3H3;7-9,12-13,21H,3-6,10-11,14-15H2,1-2H3;5-7,9-10,17H,3-4,8,11H2,1H3;14H,4-9H2,1-3H3;11H,1-3H2;;;;;;. The number of alkyl halides is 6. The molecule has 1 saturated heterocycles. The van der Waals surface area contributed by atoms with Crippen LogP contribution in [0.3, 0.4) is 0 Å². The molecule has 2 aromatic rings. The predicted molar refractivity (Wildman–Crippen MR) is 481 cm³/mol. The summed E-state index contributed by atoms with van der Waals surface area (Å²) in [5.41, 5.74) is -2.70. The molecule has 0 unspecified atom stereocenters. The van der Waals surface area contributed by atoms with E-state index >= 15 is 0 Å². The van der Waals surface area contributed by atoms with Crippen molar-refractivity contribution in [1.29, 1.82) is 0 Å². The van der Waals surface area contributed by atoms with Crippen molar-refractivity contribution in [3.05, 3.63) is 140 Å². The Balaban J connectivity index is -0.000000204. The number of unbranched alkanes of at least 4 members (excludes halogenated alkanes) is 29. The van der Waals surface area contributed by atoms with E-state index in [9.17, 15) is 99.8 Å². The van der Waals surface area contributed by atoms with E-state index in [4.69, 9.17) is 49.6 Å². The van der Waals surface area contributed by atoms with E-state index in [2.05, 4.69) is 48.9 Å². The molecule has 0 atom stereocenters. The number of benzene rings is 2. The number of hydrogen-bond acceptors (Lipinski definition) is 26. The fourth-order valence-corrected chi connectivity index (χ4v) is 11.2. The number of cyclic esters (lactones) is 1. The first-order valence-electron chi connectivity index (χ1n) is 45.9. The number of allylic oxidation sites excluding steroid dienone is 3. The number of aliphatic hydroxyl groups is 6. The van der Waals surface area contributed by atoms with Gasteiger partial charge in [0.15, 0.2) is 16.7 Å². The Kier molecular flexibility index (Phi) is 102. The maximum Gasteiger partial charge on any atom is 0.449 e. The van der Waals surface area contributed by atoms with Crippen molar-refractivity contribution in [3.8, 4) is 0 Å². The summed E-state index contributed by atoms with van der Waals surface area (Å²) in [5.74, 6) is -15.7. The molecule has 1 aliphatic rings. The minimum Gasteiger partial charge on any atom is -0.518 e. The van der Waals surface area contributed by atoms with Crippen molar-refractivity contribution >= 4 is 71.2 Å². The van der Waals surface area contributed by atoms with Crippen LogP contribution in [0, 0.1) is 6.57 Å².